The molecule has 0 spiro atoms. The Labute approximate surface area is 135 Å². The average molecular weight is 334 g/mol. The van der Waals surface area contributed by atoms with E-state index in [4.69, 9.17) is 23.2 Å². The number of nitrogens with zero attached hydrogens (tertiary/aromatic N) is 1. The molecule has 0 aliphatic carbocycles. The van der Waals surface area contributed by atoms with E-state index < -0.39 is 6.10 Å². The largest absolute Gasteiger partial charge is 0.388 e. The molecule has 1 aromatic carbocycles. The van der Waals surface area contributed by atoms with Gasteiger partial charge in [-0.25, -0.2) is 0 Å². The van der Waals surface area contributed by atoms with Gasteiger partial charge in [-0.2, -0.15) is 11.8 Å². The van der Waals surface area contributed by atoms with Crippen molar-refractivity contribution in [1.82, 2.24) is 4.90 Å². The summed E-state index contributed by atoms with van der Waals surface area (Å²) in [5.41, 5.74) is 0.728. The Morgan fingerprint density at radius 2 is 2.15 bits per heavy atom. The summed E-state index contributed by atoms with van der Waals surface area (Å²) in [5.74, 6) is 1.17. The second kappa shape index (κ2) is 7.37. The first kappa shape index (κ1) is 16.4. The second-order valence-corrected chi connectivity index (χ2v) is 7.57. The van der Waals surface area contributed by atoms with Crippen molar-refractivity contribution in [3.63, 3.8) is 0 Å². The highest BCUT2D eigenvalue weighted by molar-refractivity contribution is 8.00. The molecule has 0 amide bonds. The van der Waals surface area contributed by atoms with E-state index in [0.717, 1.165) is 18.7 Å². The van der Waals surface area contributed by atoms with Crippen LogP contribution in [0.1, 0.15) is 31.9 Å². The maximum Gasteiger partial charge on any atom is 0.0817 e. The summed E-state index contributed by atoms with van der Waals surface area (Å²) in [6.07, 6.45) is 0.125. The molecule has 3 unspecified atom stereocenters. The normalized spacial score (nSPS) is 25.6. The van der Waals surface area contributed by atoms with E-state index in [-0.39, 0.29) is 0 Å². The molecule has 2 nitrogen and oxygen atoms in total. The van der Waals surface area contributed by atoms with E-state index in [1.807, 2.05) is 23.9 Å². The quantitative estimate of drug-likeness (QED) is 0.891. The number of halogens is 2. The maximum absolute atomic E-state index is 10.3. The van der Waals surface area contributed by atoms with Gasteiger partial charge in [-0.1, -0.05) is 42.3 Å². The van der Waals surface area contributed by atoms with Crippen LogP contribution in [0.2, 0.25) is 10.0 Å². The van der Waals surface area contributed by atoms with Crippen LogP contribution in [0.15, 0.2) is 18.2 Å². The molecule has 0 saturated carbocycles. The monoisotopic (exact) mass is 333 g/mol. The molecule has 112 valence electrons. The lowest BCUT2D eigenvalue weighted by Crippen LogP contribution is -2.45. The van der Waals surface area contributed by atoms with Crippen LogP contribution in [0.3, 0.4) is 0 Å². The van der Waals surface area contributed by atoms with Crippen LogP contribution < -0.4 is 0 Å². The van der Waals surface area contributed by atoms with Gasteiger partial charge in [0.15, 0.2) is 0 Å². The predicted molar refractivity (Wildman–Crippen MR) is 89.0 cm³/mol. The Bertz CT molecular complexity index is 457. The Morgan fingerprint density at radius 1 is 1.40 bits per heavy atom. The molecule has 1 N–H and O–H groups in total. The summed E-state index contributed by atoms with van der Waals surface area (Å²) in [4.78, 5) is 2.45. The van der Waals surface area contributed by atoms with Gasteiger partial charge in [0, 0.05) is 35.7 Å². The van der Waals surface area contributed by atoms with E-state index in [2.05, 4.69) is 18.7 Å². The topological polar surface area (TPSA) is 23.5 Å². The third-order valence-corrected chi connectivity index (χ3v) is 6.22. The molecule has 1 saturated heterocycles. The van der Waals surface area contributed by atoms with Crippen LogP contribution in [0, 0.1) is 0 Å². The van der Waals surface area contributed by atoms with E-state index in [1.54, 1.807) is 6.07 Å². The Kier molecular flexibility index (Phi) is 6.06. The zero-order valence-corrected chi connectivity index (χ0v) is 14.2. The lowest BCUT2D eigenvalue weighted by molar-refractivity contribution is 0.128. The van der Waals surface area contributed by atoms with Gasteiger partial charge < -0.3 is 5.11 Å². The summed E-state index contributed by atoms with van der Waals surface area (Å²) in [6.45, 7) is 6.50. The lowest BCUT2D eigenvalue weighted by atomic mass is 10.1. The molecular weight excluding hydrogens is 313 g/mol. The molecule has 1 aromatic rings. The first-order valence-corrected chi connectivity index (χ1v) is 8.78. The number of thioether (sulfide) groups is 1. The minimum Gasteiger partial charge on any atom is -0.388 e. The average Bonchev–Trinajstić information content (AvgIpc) is 2.43. The number of aliphatic hydroxyl groups is 1. The van der Waals surface area contributed by atoms with Crippen LogP contribution in [0.5, 0.6) is 0 Å². The standard InChI is InChI=1S/C15H21Cl2NOS/c1-10-11(2)20-9-8-18(10)7-6-14(19)12-4-3-5-13(16)15(12)17/h3-5,10-11,14,19H,6-9H2,1-2H3. The first-order chi connectivity index (χ1) is 9.50. The van der Waals surface area contributed by atoms with Gasteiger partial charge in [-0.3, -0.25) is 4.90 Å². The first-order valence-electron chi connectivity index (χ1n) is 6.98. The molecule has 2 rings (SSSR count). The summed E-state index contributed by atoms with van der Waals surface area (Å²) in [6, 6.07) is 5.97. The van der Waals surface area contributed by atoms with Gasteiger partial charge >= 0.3 is 0 Å². The molecule has 0 aromatic heterocycles. The minimum absolute atomic E-state index is 0.470. The lowest BCUT2D eigenvalue weighted by Gasteiger charge is -2.37. The Hall–Kier alpha value is 0.0700. The zero-order chi connectivity index (χ0) is 14.7. The smallest absolute Gasteiger partial charge is 0.0817 e. The third-order valence-electron chi connectivity index (χ3n) is 4.04. The highest BCUT2D eigenvalue weighted by Gasteiger charge is 2.25. The fourth-order valence-corrected chi connectivity index (χ4v) is 4.13. The van der Waals surface area contributed by atoms with E-state index >= 15 is 0 Å². The van der Waals surface area contributed by atoms with Crippen LogP contribution in [-0.4, -0.2) is 40.1 Å². The molecule has 1 aliphatic rings. The van der Waals surface area contributed by atoms with Gasteiger partial charge in [-0.05, 0) is 19.4 Å². The van der Waals surface area contributed by atoms with Crippen molar-refractivity contribution >= 4 is 35.0 Å². The highest BCUT2D eigenvalue weighted by atomic mass is 35.5. The SMILES string of the molecule is CC1SCCN(CCC(O)c2cccc(Cl)c2Cl)C1C. The number of hydrogen-bond donors (Lipinski definition) is 1. The van der Waals surface area contributed by atoms with Crippen molar-refractivity contribution in [2.24, 2.45) is 0 Å². The number of aliphatic hydroxyl groups excluding tert-OH is 1. The van der Waals surface area contributed by atoms with Crippen molar-refractivity contribution in [2.75, 3.05) is 18.8 Å². The predicted octanol–water partition coefficient (Wildman–Crippen LogP) is 4.24. The van der Waals surface area contributed by atoms with Gasteiger partial charge in [-0.15, -0.1) is 0 Å². The summed E-state index contributed by atoms with van der Waals surface area (Å²) in [5, 5.41) is 12.0. The van der Waals surface area contributed by atoms with Crippen LogP contribution in [0.25, 0.3) is 0 Å². The minimum atomic E-state index is -0.557. The van der Waals surface area contributed by atoms with Crippen LogP contribution in [-0.2, 0) is 0 Å². The molecule has 20 heavy (non-hydrogen) atoms. The number of rotatable bonds is 4. The van der Waals surface area contributed by atoms with Gasteiger partial charge in [0.25, 0.3) is 0 Å². The summed E-state index contributed by atoms with van der Waals surface area (Å²) >= 11 is 14.2. The van der Waals surface area contributed by atoms with E-state index in [1.165, 1.54) is 5.75 Å². The van der Waals surface area contributed by atoms with Gasteiger partial charge in [0.2, 0.25) is 0 Å². The highest BCUT2D eigenvalue weighted by Crippen LogP contribution is 2.32. The summed E-state index contributed by atoms with van der Waals surface area (Å²) < 4.78 is 0. The molecule has 1 fully saturated rings. The van der Waals surface area contributed by atoms with Crippen molar-refractivity contribution in [2.45, 2.75) is 37.7 Å². The summed E-state index contributed by atoms with van der Waals surface area (Å²) in [7, 11) is 0. The van der Waals surface area contributed by atoms with Crippen molar-refractivity contribution in [3.05, 3.63) is 33.8 Å². The van der Waals surface area contributed by atoms with E-state index in [9.17, 15) is 5.11 Å². The maximum atomic E-state index is 10.3. The van der Waals surface area contributed by atoms with Crippen LogP contribution in [0.4, 0.5) is 0 Å². The van der Waals surface area contributed by atoms with Gasteiger partial charge in [0.05, 0.1) is 16.1 Å². The molecule has 3 atom stereocenters. The fourth-order valence-electron chi connectivity index (χ4n) is 2.53. The molecule has 5 heteroatoms. The number of hydrogen-bond acceptors (Lipinski definition) is 3. The Balaban J connectivity index is 1.95. The zero-order valence-electron chi connectivity index (χ0n) is 11.9. The molecule has 1 heterocycles. The number of benzene rings is 1. The Morgan fingerprint density at radius 3 is 2.90 bits per heavy atom. The van der Waals surface area contributed by atoms with Crippen LogP contribution >= 0.6 is 35.0 Å². The second-order valence-electron chi connectivity index (χ2n) is 5.30. The van der Waals surface area contributed by atoms with Crippen molar-refractivity contribution in [3.8, 4) is 0 Å². The third kappa shape index (κ3) is 3.83. The van der Waals surface area contributed by atoms with Gasteiger partial charge in [0.1, 0.15) is 0 Å². The van der Waals surface area contributed by atoms with Crippen molar-refractivity contribution in [1.29, 1.82) is 0 Å². The molecule has 0 bridgehead atoms. The molecular formula is C15H21Cl2NOS. The molecule has 0 radical (unpaired) electrons. The van der Waals surface area contributed by atoms with Crippen molar-refractivity contribution < 1.29 is 5.11 Å². The van der Waals surface area contributed by atoms with E-state index in [0.29, 0.717) is 27.8 Å². The fraction of sp³-hybridized carbons (Fsp3) is 0.600. The molecule has 1 aliphatic heterocycles.